The topological polar surface area (TPSA) is 182 Å². The summed E-state index contributed by atoms with van der Waals surface area (Å²) in [4.78, 5) is 39.4. The average Bonchev–Trinajstić information content (AvgIpc) is 3.89. The number of carboxylic acid groups (broad SMARTS) is 1. The summed E-state index contributed by atoms with van der Waals surface area (Å²) in [6.45, 7) is 1.85. The maximum atomic E-state index is 13.6. The quantitative estimate of drug-likeness (QED) is 0.0385. The number of esters is 1. The highest BCUT2D eigenvalue weighted by Crippen LogP contribution is 2.39. The fourth-order valence-electron chi connectivity index (χ4n) is 6.09. The van der Waals surface area contributed by atoms with Gasteiger partial charge in [0.1, 0.15) is 17.6 Å². The minimum Gasteiger partial charge on any atom is -0.506 e. The van der Waals surface area contributed by atoms with Crippen molar-refractivity contribution in [3.05, 3.63) is 127 Å². The van der Waals surface area contributed by atoms with E-state index in [9.17, 15) is 24.9 Å². The molecule has 2 atom stereocenters. The van der Waals surface area contributed by atoms with Gasteiger partial charge >= 0.3 is 5.97 Å². The highest BCUT2D eigenvalue weighted by atomic mass is 32.1. The Balaban J connectivity index is 0.00000181. The molecule has 3 heterocycles. The Morgan fingerprint density at radius 3 is 2.35 bits per heavy atom. The van der Waals surface area contributed by atoms with Crippen molar-refractivity contribution in [1.82, 2.24) is 15.2 Å². The average molecular weight is 776 g/mol. The van der Waals surface area contributed by atoms with Gasteiger partial charge in [0, 0.05) is 38.1 Å². The summed E-state index contributed by atoms with van der Waals surface area (Å²) in [5.41, 5.74) is -0.188. The number of aromatic amines is 1. The third kappa shape index (κ3) is 10.2. The van der Waals surface area contributed by atoms with Crippen molar-refractivity contribution in [2.24, 2.45) is 5.92 Å². The van der Waals surface area contributed by atoms with Gasteiger partial charge in [0.05, 0.1) is 28.0 Å². The zero-order valence-corrected chi connectivity index (χ0v) is 31.4. The third-order valence-electron chi connectivity index (χ3n) is 9.22. The van der Waals surface area contributed by atoms with Crippen molar-refractivity contribution in [2.75, 3.05) is 26.7 Å². The van der Waals surface area contributed by atoms with Crippen LogP contribution in [0.3, 0.4) is 0 Å². The molecule has 1 saturated carbocycles. The molecule has 1 aliphatic rings. The van der Waals surface area contributed by atoms with Crippen molar-refractivity contribution in [1.29, 1.82) is 0 Å². The molecule has 3 aromatic heterocycles. The fraction of sp³-hybridized carbons (Fsp3) is 0.325. The van der Waals surface area contributed by atoms with Gasteiger partial charge in [0.15, 0.2) is 0 Å². The summed E-state index contributed by atoms with van der Waals surface area (Å²) in [7, 11) is 1.98. The standard InChI is InChI=1S/C39H43N3O7S2.CH2O2/c1-42(20-18-33(27-6-2-7-27)49-38(46)39(47,34-8-3-22-50-34)35-9-4-23-51-35)19-5-21-48-28-12-10-26(11-13-28)24-40-25-32(44)29-14-16-31(43)37-30(29)15-17-36(45)41-37;2-1-3/h3-4,8-18,20,22-23,27,32-33,40,43-44,47H,2,5-7,19,21,24-25H2,1H3,(H,41,45);1H,(H,2,3)/b20-18+;. The lowest BCUT2D eigenvalue weighted by Crippen LogP contribution is -2.41. The van der Waals surface area contributed by atoms with Gasteiger partial charge in [-0.05, 0) is 95.7 Å². The van der Waals surface area contributed by atoms with Crippen molar-refractivity contribution in [3.63, 3.8) is 0 Å². The SMILES string of the molecule is CN(/C=C/C(OC(=O)C(O)(c1cccs1)c1cccs1)C1CCC1)CCCOc1ccc(CNCC(O)c2ccc(O)c3[nH]c(=O)ccc23)cc1.O=CO. The lowest BCUT2D eigenvalue weighted by atomic mass is 9.81. The fourth-order valence-corrected chi connectivity index (χ4v) is 7.80. The Hall–Kier alpha value is -4.99. The number of benzene rings is 2. The largest absolute Gasteiger partial charge is 0.506 e. The van der Waals surface area contributed by atoms with Crippen LogP contribution in [0.15, 0.2) is 101 Å². The number of aromatic hydroxyl groups is 1. The molecule has 2 unspecified atom stereocenters. The molecule has 5 aromatic rings. The molecule has 286 valence electrons. The molecule has 0 radical (unpaired) electrons. The molecule has 12 nitrogen and oxygen atoms in total. The summed E-state index contributed by atoms with van der Waals surface area (Å²) in [6, 6.07) is 21.1. The van der Waals surface area contributed by atoms with E-state index in [0.717, 1.165) is 43.5 Å². The number of pyridine rings is 1. The van der Waals surface area contributed by atoms with E-state index in [-0.39, 0.29) is 30.2 Å². The number of phenolic OH excluding ortho intramolecular Hbond substituents is 1. The molecule has 14 heteroatoms. The van der Waals surface area contributed by atoms with E-state index in [1.807, 2.05) is 66.5 Å². The second-order valence-corrected chi connectivity index (χ2v) is 14.8. The monoisotopic (exact) mass is 775 g/mol. The van der Waals surface area contributed by atoms with Crippen molar-refractivity contribution >= 4 is 46.0 Å². The van der Waals surface area contributed by atoms with Crippen LogP contribution >= 0.6 is 22.7 Å². The van der Waals surface area contributed by atoms with Crippen LogP contribution in [0.1, 0.15) is 52.7 Å². The number of hydrogen-bond acceptors (Lipinski definition) is 12. The van der Waals surface area contributed by atoms with Crippen LogP contribution in [0.25, 0.3) is 10.9 Å². The Bertz CT molecular complexity index is 1980. The molecule has 54 heavy (non-hydrogen) atoms. The minimum absolute atomic E-state index is 0.0408. The van der Waals surface area contributed by atoms with E-state index in [1.54, 1.807) is 24.3 Å². The van der Waals surface area contributed by atoms with Crippen LogP contribution in [-0.2, 0) is 26.5 Å². The molecule has 1 aliphatic carbocycles. The first-order valence-corrected chi connectivity index (χ1v) is 19.3. The number of phenols is 1. The number of nitrogens with zero attached hydrogens (tertiary/aromatic N) is 1. The maximum Gasteiger partial charge on any atom is 0.350 e. The number of carbonyl (C=O) groups is 2. The van der Waals surface area contributed by atoms with Gasteiger partial charge in [0.2, 0.25) is 11.2 Å². The number of aromatic nitrogens is 1. The second kappa shape index (κ2) is 19.4. The molecular formula is C40H45N3O9S2. The van der Waals surface area contributed by atoms with Crippen LogP contribution < -0.4 is 15.6 Å². The van der Waals surface area contributed by atoms with E-state index in [2.05, 4.69) is 15.2 Å². The number of hydrogen-bond donors (Lipinski definition) is 6. The number of ether oxygens (including phenoxy) is 2. The number of nitrogens with one attached hydrogen (secondary N) is 2. The molecular weight excluding hydrogens is 731 g/mol. The zero-order valence-electron chi connectivity index (χ0n) is 29.8. The van der Waals surface area contributed by atoms with Crippen molar-refractivity contribution in [2.45, 2.75) is 50.0 Å². The summed E-state index contributed by atoms with van der Waals surface area (Å²) in [5.74, 6) is 0.309. The van der Waals surface area contributed by atoms with E-state index < -0.39 is 23.8 Å². The Kier molecular flexibility index (Phi) is 14.4. The van der Waals surface area contributed by atoms with Gasteiger partial charge in [0.25, 0.3) is 6.47 Å². The maximum absolute atomic E-state index is 13.6. The molecule has 0 bridgehead atoms. The van der Waals surface area contributed by atoms with Gasteiger partial charge in [-0.1, -0.05) is 36.8 Å². The van der Waals surface area contributed by atoms with Gasteiger partial charge in [-0.15, -0.1) is 22.7 Å². The number of fused-ring (bicyclic) bond motifs is 1. The van der Waals surface area contributed by atoms with Crippen LogP contribution in [-0.4, -0.2) is 75.6 Å². The van der Waals surface area contributed by atoms with Gasteiger partial charge in [-0.25, -0.2) is 4.79 Å². The first kappa shape index (κ1) is 40.2. The van der Waals surface area contributed by atoms with E-state index in [4.69, 9.17) is 19.4 Å². The zero-order chi connectivity index (χ0) is 38.5. The van der Waals surface area contributed by atoms with Crippen LogP contribution in [0.4, 0.5) is 0 Å². The molecule has 0 saturated heterocycles. The summed E-state index contributed by atoms with van der Waals surface area (Å²) in [5, 5.41) is 47.0. The normalized spacial score (nSPS) is 14.1. The van der Waals surface area contributed by atoms with Gasteiger partial charge in [-0.2, -0.15) is 0 Å². The number of H-pyrrole nitrogens is 1. The summed E-state index contributed by atoms with van der Waals surface area (Å²) < 4.78 is 12.0. The van der Waals surface area contributed by atoms with Crippen LogP contribution in [0, 0.1) is 5.92 Å². The number of aliphatic hydroxyl groups excluding tert-OH is 1. The van der Waals surface area contributed by atoms with Gasteiger partial charge < -0.3 is 45.1 Å². The Morgan fingerprint density at radius 2 is 1.74 bits per heavy atom. The second-order valence-electron chi connectivity index (χ2n) is 12.9. The Labute approximate surface area is 320 Å². The number of aliphatic hydroxyl groups is 2. The lowest BCUT2D eigenvalue weighted by Gasteiger charge is -2.34. The number of thiophene rings is 2. The number of rotatable bonds is 17. The molecule has 0 aliphatic heterocycles. The molecule has 0 amide bonds. The van der Waals surface area contributed by atoms with Crippen molar-refractivity contribution in [3.8, 4) is 11.5 Å². The van der Waals surface area contributed by atoms with Crippen LogP contribution in [0.2, 0.25) is 0 Å². The highest BCUT2D eigenvalue weighted by molar-refractivity contribution is 7.12. The summed E-state index contributed by atoms with van der Waals surface area (Å²) >= 11 is 2.67. The smallest absolute Gasteiger partial charge is 0.350 e. The number of carbonyl (C=O) groups excluding carboxylic acids is 1. The van der Waals surface area contributed by atoms with Gasteiger partial charge in [-0.3, -0.25) is 9.59 Å². The molecule has 2 aromatic carbocycles. The minimum atomic E-state index is -1.83. The van der Waals surface area contributed by atoms with Crippen LogP contribution in [0.5, 0.6) is 11.5 Å². The first-order chi connectivity index (χ1) is 26.1. The van der Waals surface area contributed by atoms with E-state index in [1.165, 1.54) is 34.8 Å². The van der Waals surface area contributed by atoms with Crippen molar-refractivity contribution < 1.29 is 39.5 Å². The Morgan fingerprint density at radius 1 is 1.06 bits per heavy atom. The van der Waals surface area contributed by atoms with E-state index in [0.29, 0.717) is 39.4 Å². The molecule has 6 N–H and O–H groups in total. The molecule has 1 fully saturated rings. The van der Waals surface area contributed by atoms with E-state index >= 15 is 0 Å². The first-order valence-electron chi connectivity index (χ1n) is 17.6. The predicted octanol–water partition coefficient (Wildman–Crippen LogP) is 5.74. The predicted molar refractivity (Wildman–Crippen MR) is 209 cm³/mol. The molecule has 6 rings (SSSR count). The lowest BCUT2D eigenvalue weighted by molar-refractivity contribution is -0.168. The summed E-state index contributed by atoms with van der Waals surface area (Å²) in [6.07, 6.45) is 6.48. The molecule has 0 spiro atoms. The third-order valence-corrected chi connectivity index (χ3v) is 11.2. The highest BCUT2D eigenvalue weighted by Gasteiger charge is 2.45.